The summed E-state index contributed by atoms with van der Waals surface area (Å²) in [5.74, 6) is -2.52. The number of ether oxygens (including phenoxy) is 1. The molecule has 2 amide bonds. The minimum atomic E-state index is -1.31. The molecule has 26 heavy (non-hydrogen) atoms. The Hall–Kier alpha value is -2.75. The van der Waals surface area contributed by atoms with Crippen LogP contribution in [0.25, 0.3) is 0 Å². The lowest BCUT2D eigenvalue weighted by molar-refractivity contribution is -0.384. The van der Waals surface area contributed by atoms with Gasteiger partial charge in [0.15, 0.2) is 0 Å². The first-order chi connectivity index (χ1) is 12.1. The second-order valence-electron chi connectivity index (χ2n) is 6.82. The zero-order valence-electron chi connectivity index (χ0n) is 15.0. The first-order valence-electron chi connectivity index (χ1n) is 8.03. The standard InChI is InChI=1S/C16H23N3O6Si/c1-26(2,3)8-7-25-14(20)11-18-16(22)15(21)17-10-12-5-4-6-13(9-12)19(23)24/h4-6,9H,7-8,10-11H2,1-3H3,(H,17,21)(H,18,22). The Labute approximate surface area is 152 Å². The van der Waals surface area contributed by atoms with E-state index in [1.807, 2.05) is 0 Å². The third kappa shape index (κ3) is 8.38. The lowest BCUT2D eigenvalue weighted by Gasteiger charge is -2.15. The van der Waals surface area contributed by atoms with Gasteiger partial charge in [-0.25, -0.2) is 0 Å². The highest BCUT2D eigenvalue weighted by Gasteiger charge is 2.17. The number of hydrogen-bond acceptors (Lipinski definition) is 6. The highest BCUT2D eigenvalue weighted by atomic mass is 28.3. The molecule has 0 aliphatic carbocycles. The fourth-order valence-corrected chi connectivity index (χ4v) is 2.51. The maximum atomic E-state index is 11.7. The summed E-state index contributed by atoms with van der Waals surface area (Å²) in [7, 11) is -1.31. The van der Waals surface area contributed by atoms with Crippen molar-refractivity contribution in [3.63, 3.8) is 0 Å². The molecule has 0 radical (unpaired) electrons. The third-order valence-electron chi connectivity index (χ3n) is 3.29. The smallest absolute Gasteiger partial charge is 0.325 e. The molecule has 1 aromatic carbocycles. The molecule has 1 rings (SSSR count). The lowest BCUT2D eigenvalue weighted by atomic mass is 10.2. The number of benzene rings is 1. The fraction of sp³-hybridized carbons (Fsp3) is 0.438. The molecule has 0 heterocycles. The number of hydrogen-bond donors (Lipinski definition) is 2. The molecule has 9 nitrogen and oxygen atoms in total. The molecule has 1 aromatic rings. The molecule has 0 aromatic heterocycles. The van der Waals surface area contributed by atoms with E-state index in [-0.39, 0.29) is 12.2 Å². The van der Waals surface area contributed by atoms with Crippen molar-refractivity contribution in [3.8, 4) is 0 Å². The molecule has 0 atom stereocenters. The van der Waals surface area contributed by atoms with Crippen molar-refractivity contribution in [1.29, 1.82) is 0 Å². The molecule has 0 saturated carbocycles. The van der Waals surface area contributed by atoms with E-state index in [0.29, 0.717) is 12.2 Å². The number of amides is 2. The molecule has 0 fully saturated rings. The molecule has 10 heteroatoms. The second-order valence-corrected chi connectivity index (χ2v) is 12.4. The van der Waals surface area contributed by atoms with Crippen molar-refractivity contribution in [2.75, 3.05) is 13.2 Å². The van der Waals surface area contributed by atoms with Crippen LogP contribution in [-0.2, 0) is 25.7 Å². The molecule has 0 saturated heterocycles. The van der Waals surface area contributed by atoms with E-state index in [4.69, 9.17) is 4.74 Å². The van der Waals surface area contributed by atoms with E-state index in [1.54, 1.807) is 6.07 Å². The third-order valence-corrected chi connectivity index (χ3v) is 4.99. The molecule has 0 unspecified atom stereocenters. The Kier molecular flexibility index (Phi) is 7.91. The van der Waals surface area contributed by atoms with Crippen LogP contribution >= 0.6 is 0 Å². The summed E-state index contributed by atoms with van der Waals surface area (Å²) in [6.07, 6.45) is 0. The second kappa shape index (κ2) is 9.66. The molecular weight excluding hydrogens is 358 g/mol. The Morgan fingerprint density at radius 3 is 2.42 bits per heavy atom. The van der Waals surface area contributed by atoms with E-state index in [2.05, 4.69) is 30.3 Å². The minimum Gasteiger partial charge on any atom is -0.465 e. The molecule has 142 valence electrons. The monoisotopic (exact) mass is 381 g/mol. The number of rotatable bonds is 8. The first kappa shape index (κ1) is 21.3. The van der Waals surface area contributed by atoms with Gasteiger partial charge in [0.2, 0.25) is 0 Å². The summed E-state index contributed by atoms with van der Waals surface area (Å²) in [5.41, 5.74) is 0.369. The number of nitro groups is 1. The Morgan fingerprint density at radius 1 is 1.15 bits per heavy atom. The first-order valence-corrected chi connectivity index (χ1v) is 11.7. The van der Waals surface area contributed by atoms with Crippen LogP contribution in [0.3, 0.4) is 0 Å². The van der Waals surface area contributed by atoms with Gasteiger partial charge in [-0.3, -0.25) is 24.5 Å². The van der Waals surface area contributed by atoms with E-state index in [0.717, 1.165) is 6.04 Å². The van der Waals surface area contributed by atoms with Gasteiger partial charge in [-0.15, -0.1) is 0 Å². The Balaban J connectivity index is 2.34. The van der Waals surface area contributed by atoms with E-state index in [1.165, 1.54) is 18.2 Å². The van der Waals surface area contributed by atoms with Crippen molar-refractivity contribution < 1.29 is 24.0 Å². The zero-order valence-corrected chi connectivity index (χ0v) is 16.0. The summed E-state index contributed by atoms with van der Waals surface area (Å²) in [6, 6.07) is 6.51. The number of non-ortho nitro benzene ring substituents is 1. The van der Waals surface area contributed by atoms with Crippen LogP contribution in [0.4, 0.5) is 5.69 Å². The van der Waals surface area contributed by atoms with Crippen molar-refractivity contribution in [1.82, 2.24) is 10.6 Å². The SMILES string of the molecule is C[Si](C)(C)CCOC(=O)CNC(=O)C(=O)NCc1cccc([N+](=O)[O-])c1. The number of esters is 1. The average molecular weight is 381 g/mol. The van der Waals surface area contributed by atoms with Gasteiger partial charge in [-0.1, -0.05) is 31.8 Å². The maximum Gasteiger partial charge on any atom is 0.325 e. The number of carbonyl (C=O) groups is 3. The number of nitrogens with one attached hydrogen (secondary N) is 2. The maximum absolute atomic E-state index is 11.7. The van der Waals surface area contributed by atoms with Gasteiger partial charge in [0.25, 0.3) is 5.69 Å². The average Bonchev–Trinajstić information content (AvgIpc) is 2.56. The summed E-state index contributed by atoms with van der Waals surface area (Å²) in [6.45, 7) is 6.30. The number of nitrogens with zero attached hydrogens (tertiary/aromatic N) is 1. The van der Waals surface area contributed by atoms with Crippen LogP contribution < -0.4 is 10.6 Å². The Morgan fingerprint density at radius 2 is 1.81 bits per heavy atom. The van der Waals surface area contributed by atoms with Crippen LogP contribution in [0.2, 0.25) is 25.7 Å². The van der Waals surface area contributed by atoms with Crippen LogP contribution in [0, 0.1) is 10.1 Å². The predicted molar refractivity (Wildman–Crippen MR) is 97.1 cm³/mol. The molecular formula is C16H23N3O6Si. The van der Waals surface area contributed by atoms with Gasteiger partial charge in [0.05, 0.1) is 11.5 Å². The van der Waals surface area contributed by atoms with Crippen molar-refractivity contribution in [3.05, 3.63) is 39.9 Å². The van der Waals surface area contributed by atoms with Crippen LogP contribution in [-0.4, -0.2) is 43.9 Å². The largest absolute Gasteiger partial charge is 0.465 e. The molecule has 0 bridgehead atoms. The van der Waals surface area contributed by atoms with Gasteiger partial charge in [-0.05, 0) is 11.6 Å². The van der Waals surface area contributed by atoms with Crippen LogP contribution in [0.5, 0.6) is 0 Å². The van der Waals surface area contributed by atoms with Crippen molar-refractivity contribution in [2.45, 2.75) is 32.2 Å². The summed E-state index contributed by atoms with van der Waals surface area (Å²) < 4.78 is 5.00. The molecule has 0 aliphatic rings. The highest BCUT2D eigenvalue weighted by molar-refractivity contribution is 6.76. The molecule has 2 N–H and O–H groups in total. The van der Waals surface area contributed by atoms with Crippen molar-refractivity contribution >= 4 is 31.5 Å². The topological polar surface area (TPSA) is 128 Å². The lowest BCUT2D eigenvalue weighted by Crippen LogP contribution is -2.42. The van der Waals surface area contributed by atoms with Crippen LogP contribution in [0.15, 0.2) is 24.3 Å². The summed E-state index contributed by atoms with van der Waals surface area (Å²) >= 11 is 0. The van der Waals surface area contributed by atoms with Gasteiger partial charge >= 0.3 is 17.8 Å². The van der Waals surface area contributed by atoms with Crippen molar-refractivity contribution in [2.24, 2.45) is 0 Å². The van der Waals surface area contributed by atoms with Gasteiger partial charge in [-0.2, -0.15) is 0 Å². The van der Waals surface area contributed by atoms with E-state index < -0.39 is 37.3 Å². The quantitative estimate of drug-likeness (QED) is 0.229. The van der Waals surface area contributed by atoms with Gasteiger partial charge in [0, 0.05) is 26.8 Å². The number of carbonyl (C=O) groups excluding carboxylic acids is 3. The van der Waals surface area contributed by atoms with Crippen LogP contribution in [0.1, 0.15) is 5.56 Å². The van der Waals surface area contributed by atoms with E-state index in [9.17, 15) is 24.5 Å². The Bertz CT molecular complexity index is 687. The fourth-order valence-electron chi connectivity index (χ4n) is 1.80. The molecule has 0 spiro atoms. The van der Waals surface area contributed by atoms with E-state index >= 15 is 0 Å². The minimum absolute atomic E-state index is 0.0470. The summed E-state index contributed by atoms with van der Waals surface area (Å²) in [5, 5.41) is 15.2. The molecule has 0 aliphatic heterocycles. The highest BCUT2D eigenvalue weighted by Crippen LogP contribution is 2.12. The zero-order chi connectivity index (χ0) is 19.7. The van der Waals surface area contributed by atoms with Gasteiger partial charge in [0.1, 0.15) is 6.54 Å². The van der Waals surface area contributed by atoms with Gasteiger partial charge < -0.3 is 15.4 Å². The normalized spacial score (nSPS) is 10.7. The summed E-state index contributed by atoms with van der Waals surface area (Å²) in [4.78, 5) is 45.0. The number of nitro benzene ring substituents is 1. The predicted octanol–water partition coefficient (Wildman–Crippen LogP) is 1.21.